The second kappa shape index (κ2) is 9.05. The average Bonchev–Trinajstić information content (AvgIpc) is 3.13. The smallest absolute Gasteiger partial charge is 0.309 e. The van der Waals surface area contributed by atoms with Gasteiger partial charge in [-0.25, -0.2) is 0 Å². The zero-order chi connectivity index (χ0) is 19.5. The van der Waals surface area contributed by atoms with Crippen LogP contribution in [0.5, 0.6) is 0 Å². The fourth-order valence-electron chi connectivity index (χ4n) is 4.47. The van der Waals surface area contributed by atoms with E-state index in [9.17, 15) is 0 Å². The lowest BCUT2D eigenvalue weighted by Crippen LogP contribution is -2.33. The highest BCUT2D eigenvalue weighted by molar-refractivity contribution is 7.42. The predicted octanol–water partition coefficient (Wildman–Crippen LogP) is 7.22. The minimum Gasteiger partial charge on any atom is -0.309 e. The van der Waals surface area contributed by atoms with Crippen LogP contribution in [0.15, 0.2) is 60.7 Å². The summed E-state index contributed by atoms with van der Waals surface area (Å²) >= 11 is 0. The van der Waals surface area contributed by atoms with E-state index in [1.807, 2.05) is 12.1 Å². The third kappa shape index (κ3) is 4.49. The molecule has 1 aliphatic carbocycles. The normalized spacial score (nSPS) is 31.4. The van der Waals surface area contributed by atoms with Gasteiger partial charge in [0.2, 0.25) is 0 Å². The first-order valence-electron chi connectivity index (χ1n) is 10.5. The van der Waals surface area contributed by atoms with Crippen molar-refractivity contribution in [3.63, 3.8) is 0 Å². The first-order valence-corrected chi connectivity index (χ1v) is 11.6. The molecule has 28 heavy (non-hydrogen) atoms. The summed E-state index contributed by atoms with van der Waals surface area (Å²) in [5.41, 5.74) is 2.28. The summed E-state index contributed by atoms with van der Waals surface area (Å²) < 4.78 is 19.3. The Bertz CT molecular complexity index is 689. The molecular formula is C24H31O3P. The summed E-state index contributed by atoms with van der Waals surface area (Å²) in [5.74, 6) is 1.90. The van der Waals surface area contributed by atoms with Crippen molar-refractivity contribution in [1.82, 2.24) is 0 Å². The summed E-state index contributed by atoms with van der Waals surface area (Å²) in [4.78, 5) is 0. The van der Waals surface area contributed by atoms with E-state index >= 15 is 0 Å². The number of hydrogen-bond donors (Lipinski definition) is 0. The minimum absolute atomic E-state index is 0.131. The SMILES string of the molecule is CC1CCC(C(C)C)C(OP2O[C@@H](c3ccccc3)[C@H](c3ccccc3)O2)C1. The fourth-order valence-corrected chi connectivity index (χ4v) is 5.92. The largest absolute Gasteiger partial charge is 0.334 e. The first-order chi connectivity index (χ1) is 13.6. The maximum absolute atomic E-state index is 6.52. The quantitative estimate of drug-likeness (QED) is 0.498. The summed E-state index contributed by atoms with van der Waals surface area (Å²) in [6, 6.07) is 20.7. The van der Waals surface area contributed by atoms with Crippen molar-refractivity contribution in [3.8, 4) is 0 Å². The van der Waals surface area contributed by atoms with Gasteiger partial charge in [-0.2, -0.15) is 0 Å². The third-order valence-electron chi connectivity index (χ3n) is 6.11. The Morgan fingerprint density at radius 3 is 1.89 bits per heavy atom. The van der Waals surface area contributed by atoms with Gasteiger partial charge in [0.15, 0.2) is 0 Å². The van der Waals surface area contributed by atoms with Gasteiger partial charge in [0.25, 0.3) is 0 Å². The molecule has 3 nitrogen and oxygen atoms in total. The van der Waals surface area contributed by atoms with E-state index in [1.54, 1.807) is 0 Å². The van der Waals surface area contributed by atoms with Crippen LogP contribution < -0.4 is 0 Å². The molecule has 2 aromatic rings. The van der Waals surface area contributed by atoms with Gasteiger partial charge in [-0.3, -0.25) is 0 Å². The molecular weight excluding hydrogens is 367 g/mol. The van der Waals surface area contributed by atoms with Gasteiger partial charge in [-0.1, -0.05) is 87.9 Å². The molecule has 1 heterocycles. The average molecular weight is 398 g/mol. The monoisotopic (exact) mass is 398 g/mol. The molecule has 2 aliphatic rings. The molecule has 4 rings (SSSR count). The van der Waals surface area contributed by atoms with Crippen LogP contribution in [0.3, 0.4) is 0 Å². The highest BCUT2D eigenvalue weighted by atomic mass is 31.2. The molecule has 0 spiro atoms. The minimum atomic E-state index is -1.36. The summed E-state index contributed by atoms with van der Waals surface area (Å²) in [7, 11) is -1.36. The molecule has 0 bridgehead atoms. The van der Waals surface area contributed by atoms with E-state index < -0.39 is 8.60 Å². The van der Waals surface area contributed by atoms with Gasteiger partial charge in [-0.15, -0.1) is 0 Å². The lowest BCUT2D eigenvalue weighted by Gasteiger charge is -2.37. The van der Waals surface area contributed by atoms with Crippen molar-refractivity contribution in [2.75, 3.05) is 0 Å². The summed E-state index contributed by atoms with van der Waals surface area (Å²) in [6.45, 7) is 6.94. The molecule has 150 valence electrons. The molecule has 4 heteroatoms. The lowest BCUT2D eigenvalue weighted by molar-refractivity contribution is 0.0341. The van der Waals surface area contributed by atoms with Crippen LogP contribution in [-0.4, -0.2) is 6.10 Å². The number of hydrogen-bond acceptors (Lipinski definition) is 3. The van der Waals surface area contributed by atoms with Crippen molar-refractivity contribution in [2.45, 2.75) is 58.3 Å². The van der Waals surface area contributed by atoms with Crippen molar-refractivity contribution < 1.29 is 13.6 Å². The Hall–Kier alpha value is -1.25. The first kappa shape index (κ1) is 20.0. The lowest BCUT2D eigenvalue weighted by atomic mass is 9.75. The molecule has 1 aliphatic heterocycles. The van der Waals surface area contributed by atoms with E-state index in [2.05, 4.69) is 69.3 Å². The second-order valence-electron chi connectivity index (χ2n) is 8.57. The van der Waals surface area contributed by atoms with Crippen LogP contribution in [0, 0.1) is 17.8 Å². The van der Waals surface area contributed by atoms with Crippen LogP contribution in [0.2, 0.25) is 0 Å². The molecule has 0 aromatic heterocycles. The van der Waals surface area contributed by atoms with Crippen molar-refractivity contribution in [3.05, 3.63) is 71.8 Å². The third-order valence-corrected chi connectivity index (χ3v) is 7.35. The van der Waals surface area contributed by atoms with Crippen molar-refractivity contribution >= 4 is 8.60 Å². The Labute approximate surface area is 170 Å². The Kier molecular flexibility index (Phi) is 6.48. The van der Waals surface area contributed by atoms with Crippen molar-refractivity contribution in [1.29, 1.82) is 0 Å². The van der Waals surface area contributed by atoms with Gasteiger partial charge in [0, 0.05) is 0 Å². The van der Waals surface area contributed by atoms with E-state index in [-0.39, 0.29) is 18.3 Å². The second-order valence-corrected chi connectivity index (χ2v) is 9.65. The molecule has 0 radical (unpaired) electrons. The molecule has 1 saturated carbocycles. The van der Waals surface area contributed by atoms with Gasteiger partial charge in [0.05, 0.1) is 6.10 Å². The summed E-state index contributed by atoms with van der Waals surface area (Å²) in [5, 5.41) is 0. The van der Waals surface area contributed by atoms with Gasteiger partial charge in [0.1, 0.15) is 12.2 Å². The highest BCUT2D eigenvalue weighted by Gasteiger charge is 2.43. The van der Waals surface area contributed by atoms with E-state index in [0.29, 0.717) is 17.8 Å². The van der Waals surface area contributed by atoms with E-state index in [4.69, 9.17) is 13.6 Å². The van der Waals surface area contributed by atoms with Crippen LogP contribution >= 0.6 is 8.60 Å². The van der Waals surface area contributed by atoms with Gasteiger partial charge < -0.3 is 13.6 Å². The van der Waals surface area contributed by atoms with Crippen LogP contribution in [0.1, 0.15) is 63.4 Å². The molecule has 3 unspecified atom stereocenters. The molecule has 5 atom stereocenters. The topological polar surface area (TPSA) is 27.7 Å². The predicted molar refractivity (Wildman–Crippen MR) is 114 cm³/mol. The Morgan fingerprint density at radius 2 is 1.39 bits per heavy atom. The maximum atomic E-state index is 6.52. The summed E-state index contributed by atoms with van der Waals surface area (Å²) in [6.07, 6.45) is 3.58. The van der Waals surface area contributed by atoms with Crippen LogP contribution in [-0.2, 0) is 13.6 Å². The molecule has 0 N–H and O–H groups in total. The Balaban J connectivity index is 1.54. The van der Waals surface area contributed by atoms with Crippen LogP contribution in [0.4, 0.5) is 0 Å². The molecule has 0 amide bonds. The number of rotatable bonds is 5. The standard InChI is InChI=1S/C24H31O3P/c1-17(2)21-15-14-18(3)16-22(21)25-28-26-23(19-10-6-4-7-11-19)24(27-28)20-12-8-5-9-13-20/h4-13,17-18,21-24H,14-16H2,1-3H3/t18?,21?,22?,23-,24-/m0/s1. The molecule has 2 aromatic carbocycles. The zero-order valence-electron chi connectivity index (χ0n) is 17.0. The molecule has 1 saturated heterocycles. The van der Waals surface area contributed by atoms with Gasteiger partial charge in [-0.05, 0) is 41.7 Å². The highest BCUT2D eigenvalue weighted by Crippen LogP contribution is 2.61. The maximum Gasteiger partial charge on any atom is 0.334 e. The van der Waals surface area contributed by atoms with Crippen LogP contribution in [0.25, 0.3) is 0 Å². The van der Waals surface area contributed by atoms with Gasteiger partial charge >= 0.3 is 8.60 Å². The number of benzene rings is 2. The fraction of sp³-hybridized carbons (Fsp3) is 0.500. The van der Waals surface area contributed by atoms with Crippen molar-refractivity contribution in [2.24, 2.45) is 17.8 Å². The molecule has 2 fully saturated rings. The zero-order valence-corrected chi connectivity index (χ0v) is 17.9. The Morgan fingerprint density at radius 1 is 0.857 bits per heavy atom. The van der Waals surface area contributed by atoms with E-state index in [1.165, 1.54) is 12.8 Å². The van der Waals surface area contributed by atoms with E-state index in [0.717, 1.165) is 17.5 Å².